The van der Waals surface area contributed by atoms with Crippen molar-refractivity contribution in [1.82, 2.24) is 9.80 Å². The van der Waals surface area contributed by atoms with Crippen LogP contribution in [0.15, 0.2) is 54.6 Å². The highest BCUT2D eigenvalue weighted by Gasteiger charge is 2.32. The second kappa shape index (κ2) is 7.89. The molecule has 2 aliphatic rings. The third-order valence-electron chi connectivity index (χ3n) is 5.11. The van der Waals surface area contributed by atoms with Crippen molar-refractivity contribution in [3.63, 3.8) is 0 Å². The molecule has 136 valence electrons. The SMILES string of the molecule is O=C1c2ccccc2N[C@@H](c2ccccc2)N1CCCN1CCOCC1. The van der Waals surface area contributed by atoms with Crippen molar-refractivity contribution < 1.29 is 9.53 Å². The fraction of sp³-hybridized carbons (Fsp3) is 0.381. The number of para-hydroxylation sites is 1. The number of hydrogen-bond acceptors (Lipinski definition) is 4. The van der Waals surface area contributed by atoms with E-state index in [1.807, 2.05) is 47.4 Å². The van der Waals surface area contributed by atoms with Gasteiger partial charge in [0.05, 0.1) is 18.8 Å². The van der Waals surface area contributed by atoms with Gasteiger partial charge in [-0.2, -0.15) is 0 Å². The van der Waals surface area contributed by atoms with Gasteiger partial charge in [0, 0.05) is 31.9 Å². The Hall–Kier alpha value is -2.37. The van der Waals surface area contributed by atoms with Crippen LogP contribution in [0.2, 0.25) is 0 Å². The predicted octanol–water partition coefficient (Wildman–Crippen LogP) is 2.98. The molecule has 4 rings (SSSR count). The van der Waals surface area contributed by atoms with E-state index in [0.29, 0.717) is 0 Å². The normalized spacial score (nSPS) is 20.5. The van der Waals surface area contributed by atoms with Gasteiger partial charge in [-0.15, -0.1) is 0 Å². The number of amides is 1. The van der Waals surface area contributed by atoms with Gasteiger partial charge in [0.25, 0.3) is 5.91 Å². The largest absolute Gasteiger partial charge is 0.379 e. The van der Waals surface area contributed by atoms with E-state index in [-0.39, 0.29) is 12.1 Å². The highest BCUT2D eigenvalue weighted by molar-refractivity contribution is 6.01. The summed E-state index contributed by atoms with van der Waals surface area (Å²) >= 11 is 0. The van der Waals surface area contributed by atoms with E-state index in [0.717, 1.165) is 62.6 Å². The number of fused-ring (bicyclic) bond motifs is 1. The molecular formula is C21H25N3O2. The molecule has 0 radical (unpaired) electrons. The van der Waals surface area contributed by atoms with Crippen LogP contribution in [0.4, 0.5) is 5.69 Å². The molecule has 1 saturated heterocycles. The summed E-state index contributed by atoms with van der Waals surface area (Å²) in [5.41, 5.74) is 2.78. The Balaban J connectivity index is 1.51. The summed E-state index contributed by atoms with van der Waals surface area (Å²) < 4.78 is 5.41. The number of benzene rings is 2. The van der Waals surface area contributed by atoms with Crippen molar-refractivity contribution in [3.05, 3.63) is 65.7 Å². The van der Waals surface area contributed by atoms with Gasteiger partial charge in [-0.05, 0) is 24.1 Å². The number of carbonyl (C=O) groups excluding carboxylic acids is 1. The topological polar surface area (TPSA) is 44.8 Å². The Morgan fingerprint density at radius 3 is 2.50 bits per heavy atom. The molecule has 0 unspecified atom stereocenters. The molecule has 0 aromatic heterocycles. The standard InChI is InChI=1S/C21H25N3O2/c25-21-18-9-4-5-10-19(18)22-20(17-7-2-1-3-8-17)24(21)12-6-11-23-13-15-26-16-14-23/h1-5,7-10,20,22H,6,11-16H2/t20-/m1/s1. The van der Waals surface area contributed by atoms with Crippen molar-refractivity contribution in [3.8, 4) is 0 Å². The zero-order chi connectivity index (χ0) is 17.8. The van der Waals surface area contributed by atoms with Crippen LogP contribution >= 0.6 is 0 Å². The molecule has 26 heavy (non-hydrogen) atoms. The maximum absolute atomic E-state index is 13.1. The Kier molecular flexibility index (Phi) is 5.18. The lowest BCUT2D eigenvalue weighted by Gasteiger charge is -2.38. The van der Waals surface area contributed by atoms with Crippen molar-refractivity contribution >= 4 is 11.6 Å². The van der Waals surface area contributed by atoms with Crippen LogP contribution in [-0.4, -0.2) is 55.1 Å². The quantitative estimate of drug-likeness (QED) is 0.900. The van der Waals surface area contributed by atoms with Gasteiger partial charge in [0.15, 0.2) is 0 Å². The highest BCUT2D eigenvalue weighted by Crippen LogP contribution is 2.32. The van der Waals surface area contributed by atoms with E-state index >= 15 is 0 Å². The van der Waals surface area contributed by atoms with Gasteiger partial charge in [0.1, 0.15) is 6.17 Å². The average Bonchev–Trinajstić information content (AvgIpc) is 2.71. The van der Waals surface area contributed by atoms with Gasteiger partial charge in [-0.3, -0.25) is 9.69 Å². The first-order chi connectivity index (χ1) is 12.8. The number of morpholine rings is 1. The summed E-state index contributed by atoms with van der Waals surface area (Å²) in [6, 6.07) is 18.0. The first kappa shape index (κ1) is 17.1. The molecule has 2 aromatic rings. The van der Waals surface area contributed by atoms with Gasteiger partial charge >= 0.3 is 0 Å². The average molecular weight is 351 g/mol. The van der Waals surface area contributed by atoms with Gasteiger partial charge < -0.3 is 15.0 Å². The molecule has 2 aromatic carbocycles. The smallest absolute Gasteiger partial charge is 0.257 e. The van der Waals surface area contributed by atoms with E-state index < -0.39 is 0 Å². The third-order valence-corrected chi connectivity index (χ3v) is 5.11. The zero-order valence-electron chi connectivity index (χ0n) is 14.9. The van der Waals surface area contributed by atoms with Crippen LogP contribution in [0.25, 0.3) is 0 Å². The van der Waals surface area contributed by atoms with Crippen molar-refractivity contribution in [1.29, 1.82) is 0 Å². The van der Waals surface area contributed by atoms with Gasteiger partial charge in [-0.25, -0.2) is 0 Å². The van der Waals surface area contributed by atoms with Crippen molar-refractivity contribution in [2.45, 2.75) is 12.6 Å². The molecule has 1 N–H and O–H groups in total. The lowest BCUT2D eigenvalue weighted by Crippen LogP contribution is -2.44. The number of anilines is 1. The molecule has 5 nitrogen and oxygen atoms in total. The summed E-state index contributed by atoms with van der Waals surface area (Å²) in [4.78, 5) is 17.5. The van der Waals surface area contributed by atoms with E-state index in [1.165, 1.54) is 0 Å². The number of carbonyl (C=O) groups is 1. The van der Waals surface area contributed by atoms with Crippen LogP contribution < -0.4 is 5.32 Å². The minimum Gasteiger partial charge on any atom is -0.379 e. The van der Waals surface area contributed by atoms with Crippen LogP contribution in [0.5, 0.6) is 0 Å². The summed E-state index contributed by atoms with van der Waals surface area (Å²) in [6.45, 7) is 5.32. The monoisotopic (exact) mass is 351 g/mol. The van der Waals surface area contributed by atoms with E-state index in [2.05, 4.69) is 22.3 Å². The minimum absolute atomic E-state index is 0.107. The van der Waals surface area contributed by atoms with Crippen LogP contribution in [0.3, 0.4) is 0 Å². The summed E-state index contributed by atoms with van der Waals surface area (Å²) in [6.07, 6.45) is 0.835. The summed E-state index contributed by atoms with van der Waals surface area (Å²) in [5.74, 6) is 0.107. The van der Waals surface area contributed by atoms with E-state index in [9.17, 15) is 4.79 Å². The third kappa shape index (κ3) is 3.59. The molecular weight excluding hydrogens is 326 g/mol. The molecule has 0 bridgehead atoms. The maximum Gasteiger partial charge on any atom is 0.257 e. The number of hydrogen-bond donors (Lipinski definition) is 1. The molecule has 1 fully saturated rings. The molecule has 0 spiro atoms. The van der Waals surface area contributed by atoms with E-state index in [4.69, 9.17) is 4.74 Å². The Labute approximate surface area is 154 Å². The van der Waals surface area contributed by atoms with Crippen molar-refractivity contribution in [2.24, 2.45) is 0 Å². The Morgan fingerprint density at radius 1 is 0.962 bits per heavy atom. The number of nitrogens with zero attached hydrogens (tertiary/aromatic N) is 2. The number of nitrogens with one attached hydrogen (secondary N) is 1. The Bertz CT molecular complexity index is 744. The molecule has 1 atom stereocenters. The fourth-order valence-corrected chi connectivity index (χ4v) is 3.71. The second-order valence-corrected chi connectivity index (χ2v) is 6.81. The van der Waals surface area contributed by atoms with Crippen LogP contribution in [0.1, 0.15) is 28.5 Å². The number of rotatable bonds is 5. The lowest BCUT2D eigenvalue weighted by atomic mass is 10.0. The second-order valence-electron chi connectivity index (χ2n) is 6.81. The molecule has 2 aliphatic heterocycles. The van der Waals surface area contributed by atoms with Crippen LogP contribution in [0, 0.1) is 0 Å². The molecule has 1 amide bonds. The first-order valence-electron chi connectivity index (χ1n) is 9.34. The number of ether oxygens (including phenoxy) is 1. The first-order valence-corrected chi connectivity index (χ1v) is 9.34. The fourth-order valence-electron chi connectivity index (χ4n) is 3.71. The van der Waals surface area contributed by atoms with E-state index in [1.54, 1.807) is 0 Å². The molecule has 0 aliphatic carbocycles. The highest BCUT2D eigenvalue weighted by atomic mass is 16.5. The van der Waals surface area contributed by atoms with Crippen molar-refractivity contribution in [2.75, 3.05) is 44.7 Å². The molecule has 5 heteroatoms. The van der Waals surface area contributed by atoms with Crippen LogP contribution in [-0.2, 0) is 4.74 Å². The predicted molar refractivity (Wildman–Crippen MR) is 102 cm³/mol. The lowest BCUT2D eigenvalue weighted by molar-refractivity contribution is 0.0348. The summed E-state index contributed by atoms with van der Waals surface area (Å²) in [5, 5.41) is 3.55. The maximum atomic E-state index is 13.1. The van der Waals surface area contributed by atoms with Gasteiger partial charge in [-0.1, -0.05) is 42.5 Å². The molecule has 0 saturated carbocycles. The molecule has 2 heterocycles. The zero-order valence-corrected chi connectivity index (χ0v) is 14.9. The van der Waals surface area contributed by atoms with Gasteiger partial charge in [0.2, 0.25) is 0 Å². The summed E-state index contributed by atoms with van der Waals surface area (Å²) in [7, 11) is 0. The minimum atomic E-state index is -0.122. The Morgan fingerprint density at radius 2 is 1.69 bits per heavy atom.